The highest BCUT2D eigenvalue weighted by molar-refractivity contribution is 8.00. The second kappa shape index (κ2) is 9.63. The summed E-state index contributed by atoms with van der Waals surface area (Å²) in [6, 6.07) is 13.0. The fraction of sp³-hybridized carbons (Fsp3) is 0.333. The standard InChI is InChI=1S/C21H27N3O4S2/c1-14(20(26)24-15-8-10-18(11-9-15)30(22,27)28)29-17-7-5-6-16(12-17)23-19(25)13-21(2,3)4/h5-12,14H,13H2,1-4H3,(H,23,25)(H,24,26)(H2,22,27,28). The summed E-state index contributed by atoms with van der Waals surface area (Å²) in [6.45, 7) is 7.77. The molecular formula is C21H27N3O4S2. The van der Waals surface area contributed by atoms with Crippen LogP contribution in [0.25, 0.3) is 0 Å². The molecule has 0 fully saturated rings. The minimum Gasteiger partial charge on any atom is -0.326 e. The number of amides is 2. The lowest BCUT2D eigenvalue weighted by Crippen LogP contribution is -2.22. The Morgan fingerprint density at radius 1 is 1.03 bits per heavy atom. The largest absolute Gasteiger partial charge is 0.326 e. The van der Waals surface area contributed by atoms with Gasteiger partial charge in [0.1, 0.15) is 0 Å². The average molecular weight is 450 g/mol. The van der Waals surface area contributed by atoms with Crippen molar-refractivity contribution >= 4 is 45.0 Å². The molecule has 0 aliphatic rings. The fourth-order valence-corrected chi connectivity index (χ4v) is 4.01. The molecule has 0 saturated carbocycles. The number of hydrogen-bond acceptors (Lipinski definition) is 5. The molecule has 4 N–H and O–H groups in total. The average Bonchev–Trinajstić information content (AvgIpc) is 2.60. The van der Waals surface area contributed by atoms with E-state index in [0.717, 1.165) is 4.90 Å². The molecule has 0 heterocycles. The van der Waals surface area contributed by atoms with Gasteiger partial charge in [0.25, 0.3) is 0 Å². The number of rotatable bonds is 7. The van der Waals surface area contributed by atoms with Crippen LogP contribution in [0.15, 0.2) is 58.3 Å². The van der Waals surface area contributed by atoms with Crippen molar-refractivity contribution in [1.29, 1.82) is 0 Å². The summed E-state index contributed by atoms with van der Waals surface area (Å²) >= 11 is 1.35. The molecule has 0 bridgehead atoms. The quantitative estimate of drug-likeness (QED) is 0.555. The fourth-order valence-electron chi connectivity index (χ4n) is 2.56. The molecule has 0 aliphatic heterocycles. The van der Waals surface area contributed by atoms with Gasteiger partial charge in [0.2, 0.25) is 21.8 Å². The molecule has 0 aliphatic carbocycles. The Labute approximate surface area is 181 Å². The van der Waals surface area contributed by atoms with Crippen molar-refractivity contribution in [3.8, 4) is 0 Å². The maximum absolute atomic E-state index is 12.5. The molecule has 2 rings (SSSR count). The zero-order chi connectivity index (χ0) is 22.5. The van der Waals surface area contributed by atoms with Crippen molar-refractivity contribution in [3.05, 3.63) is 48.5 Å². The predicted molar refractivity (Wildman–Crippen MR) is 121 cm³/mol. The Morgan fingerprint density at radius 2 is 1.67 bits per heavy atom. The first-order chi connectivity index (χ1) is 13.8. The van der Waals surface area contributed by atoms with Crippen LogP contribution >= 0.6 is 11.8 Å². The number of thioether (sulfide) groups is 1. The molecule has 9 heteroatoms. The highest BCUT2D eigenvalue weighted by Crippen LogP contribution is 2.27. The van der Waals surface area contributed by atoms with Crippen molar-refractivity contribution in [3.63, 3.8) is 0 Å². The molecule has 1 unspecified atom stereocenters. The minimum absolute atomic E-state index is 0.0201. The lowest BCUT2D eigenvalue weighted by molar-refractivity contribution is -0.118. The summed E-state index contributed by atoms with van der Waals surface area (Å²) in [7, 11) is -3.77. The van der Waals surface area contributed by atoms with Gasteiger partial charge in [-0.15, -0.1) is 11.8 Å². The van der Waals surface area contributed by atoms with Gasteiger partial charge in [-0.25, -0.2) is 13.6 Å². The van der Waals surface area contributed by atoms with Crippen molar-refractivity contribution in [2.75, 3.05) is 10.6 Å². The number of benzene rings is 2. The summed E-state index contributed by atoms with van der Waals surface area (Å²) in [5.74, 6) is -0.288. The van der Waals surface area contributed by atoms with Crippen molar-refractivity contribution in [1.82, 2.24) is 0 Å². The van der Waals surface area contributed by atoms with Crippen LogP contribution in [0.1, 0.15) is 34.1 Å². The topological polar surface area (TPSA) is 118 Å². The van der Waals surface area contributed by atoms with Gasteiger partial charge in [-0.3, -0.25) is 9.59 Å². The van der Waals surface area contributed by atoms with E-state index in [1.54, 1.807) is 6.92 Å². The number of nitrogens with two attached hydrogens (primary N) is 1. The van der Waals surface area contributed by atoms with E-state index in [4.69, 9.17) is 5.14 Å². The molecule has 0 saturated heterocycles. The molecule has 162 valence electrons. The van der Waals surface area contributed by atoms with Crippen molar-refractivity contribution in [2.45, 2.75) is 49.2 Å². The van der Waals surface area contributed by atoms with E-state index in [1.165, 1.54) is 36.0 Å². The van der Waals surface area contributed by atoms with Gasteiger partial charge in [0, 0.05) is 22.7 Å². The zero-order valence-corrected chi connectivity index (χ0v) is 19.1. The van der Waals surface area contributed by atoms with Gasteiger partial charge >= 0.3 is 0 Å². The number of hydrogen-bond donors (Lipinski definition) is 3. The lowest BCUT2D eigenvalue weighted by Gasteiger charge is -2.17. The van der Waals surface area contributed by atoms with Gasteiger partial charge in [-0.2, -0.15) is 0 Å². The third-order valence-electron chi connectivity index (χ3n) is 3.94. The van der Waals surface area contributed by atoms with Gasteiger partial charge in [0.15, 0.2) is 0 Å². The number of primary sulfonamides is 1. The molecule has 30 heavy (non-hydrogen) atoms. The summed E-state index contributed by atoms with van der Waals surface area (Å²) in [5.41, 5.74) is 1.05. The molecular weight excluding hydrogens is 422 g/mol. The van der Waals surface area contributed by atoms with Gasteiger partial charge in [-0.05, 0) is 54.8 Å². The zero-order valence-electron chi connectivity index (χ0n) is 17.4. The van der Waals surface area contributed by atoms with Crippen LogP contribution in [-0.2, 0) is 19.6 Å². The number of sulfonamides is 1. The molecule has 0 spiro atoms. The van der Waals surface area contributed by atoms with E-state index in [9.17, 15) is 18.0 Å². The smallest absolute Gasteiger partial charge is 0.238 e. The maximum Gasteiger partial charge on any atom is 0.238 e. The minimum atomic E-state index is -3.77. The Hall–Kier alpha value is -2.36. The second-order valence-electron chi connectivity index (χ2n) is 8.13. The summed E-state index contributed by atoms with van der Waals surface area (Å²) in [5, 5.41) is 10.3. The number of carbonyl (C=O) groups is 2. The first kappa shape index (κ1) is 23.9. The van der Waals surface area contributed by atoms with Crippen LogP contribution in [0, 0.1) is 5.41 Å². The Morgan fingerprint density at radius 3 is 2.23 bits per heavy atom. The van der Waals surface area contributed by atoms with Crippen molar-refractivity contribution in [2.24, 2.45) is 10.6 Å². The van der Waals surface area contributed by atoms with Crippen molar-refractivity contribution < 1.29 is 18.0 Å². The molecule has 0 radical (unpaired) electrons. The number of carbonyl (C=O) groups excluding carboxylic acids is 2. The molecule has 2 amide bonds. The molecule has 0 aromatic heterocycles. The summed E-state index contributed by atoms with van der Waals surface area (Å²) < 4.78 is 22.6. The van der Waals surface area contributed by atoms with Crippen LogP contribution in [-0.4, -0.2) is 25.5 Å². The van der Waals surface area contributed by atoms with Crippen LogP contribution in [0.3, 0.4) is 0 Å². The molecule has 2 aromatic carbocycles. The monoisotopic (exact) mass is 449 g/mol. The van der Waals surface area contributed by atoms with Crippen LogP contribution < -0.4 is 15.8 Å². The van der Waals surface area contributed by atoms with Crippen LogP contribution in [0.2, 0.25) is 0 Å². The van der Waals surface area contributed by atoms with E-state index in [2.05, 4.69) is 10.6 Å². The normalized spacial score (nSPS) is 12.8. The predicted octanol–water partition coefficient (Wildman–Crippen LogP) is 3.83. The Kier molecular flexibility index (Phi) is 7.68. The van der Waals surface area contributed by atoms with Gasteiger partial charge in [-0.1, -0.05) is 26.8 Å². The first-order valence-electron chi connectivity index (χ1n) is 9.34. The number of nitrogens with one attached hydrogen (secondary N) is 2. The van der Waals surface area contributed by atoms with Gasteiger partial charge < -0.3 is 10.6 Å². The SMILES string of the molecule is CC(Sc1cccc(NC(=O)CC(C)(C)C)c1)C(=O)Nc1ccc(S(N)(=O)=O)cc1. The molecule has 2 aromatic rings. The van der Waals surface area contributed by atoms with E-state index in [1.807, 2.05) is 45.0 Å². The molecule has 1 atom stereocenters. The highest BCUT2D eigenvalue weighted by atomic mass is 32.2. The summed E-state index contributed by atoms with van der Waals surface area (Å²) in [6.07, 6.45) is 0.410. The van der Waals surface area contributed by atoms with Gasteiger partial charge in [0.05, 0.1) is 10.1 Å². The van der Waals surface area contributed by atoms with E-state index in [-0.39, 0.29) is 22.1 Å². The third kappa shape index (κ3) is 7.81. The Bertz CT molecular complexity index is 1010. The first-order valence-corrected chi connectivity index (χ1v) is 11.8. The third-order valence-corrected chi connectivity index (χ3v) is 5.96. The number of anilines is 2. The lowest BCUT2D eigenvalue weighted by atomic mass is 9.92. The van der Waals surface area contributed by atoms with E-state index in [0.29, 0.717) is 17.8 Å². The van der Waals surface area contributed by atoms with E-state index >= 15 is 0 Å². The maximum atomic E-state index is 12.5. The van der Waals surface area contributed by atoms with Crippen LogP contribution in [0.5, 0.6) is 0 Å². The summed E-state index contributed by atoms with van der Waals surface area (Å²) in [4.78, 5) is 25.4. The Balaban J connectivity index is 1.97. The second-order valence-corrected chi connectivity index (χ2v) is 11.1. The molecule has 7 nitrogen and oxygen atoms in total. The highest BCUT2D eigenvalue weighted by Gasteiger charge is 2.18. The van der Waals surface area contributed by atoms with E-state index < -0.39 is 15.3 Å². The van der Waals surface area contributed by atoms with Crippen LogP contribution in [0.4, 0.5) is 11.4 Å².